The van der Waals surface area contributed by atoms with Crippen LogP contribution < -0.4 is 10.5 Å². The molecule has 0 saturated carbocycles. The van der Waals surface area contributed by atoms with Crippen LogP contribution in [0, 0.1) is 17.1 Å². The lowest BCUT2D eigenvalue weighted by Gasteiger charge is -2.26. The highest BCUT2D eigenvalue weighted by Crippen LogP contribution is 2.30. The summed E-state index contributed by atoms with van der Waals surface area (Å²) in [5.74, 6) is -0.416. The zero-order chi connectivity index (χ0) is 20.9. The molecular formula is C20H19ClFN3O3. The van der Waals surface area contributed by atoms with Gasteiger partial charge in [0, 0.05) is 11.8 Å². The molecule has 1 unspecified atom stereocenters. The third-order valence-electron chi connectivity index (χ3n) is 3.70. The normalized spacial score (nSPS) is 12.4. The SMILES string of the molecule is CC(C)=CC(C)(COc1ccc(-c2ccnc(Cl)c2F)cc1C#N)OC(N)=O. The average Bonchev–Trinajstić information content (AvgIpc) is 2.61. The van der Waals surface area contributed by atoms with E-state index in [1.54, 1.807) is 19.1 Å². The summed E-state index contributed by atoms with van der Waals surface area (Å²) in [5.41, 5.74) is 5.78. The van der Waals surface area contributed by atoms with E-state index in [4.69, 9.17) is 26.8 Å². The van der Waals surface area contributed by atoms with Crippen LogP contribution >= 0.6 is 11.6 Å². The molecule has 6 nitrogen and oxygen atoms in total. The number of hydrogen-bond acceptors (Lipinski definition) is 5. The van der Waals surface area contributed by atoms with Gasteiger partial charge in [0.1, 0.15) is 18.4 Å². The minimum absolute atomic E-state index is 0.0649. The third kappa shape index (κ3) is 5.21. The molecular weight excluding hydrogens is 385 g/mol. The lowest BCUT2D eigenvalue weighted by molar-refractivity contribution is 0.0297. The Labute approximate surface area is 167 Å². The number of carbonyl (C=O) groups excluding carboxylic acids is 1. The summed E-state index contributed by atoms with van der Waals surface area (Å²) in [6.07, 6.45) is 2.14. The lowest BCUT2D eigenvalue weighted by atomic mass is 10.0. The van der Waals surface area contributed by atoms with Gasteiger partial charge in [-0.25, -0.2) is 14.2 Å². The maximum atomic E-state index is 14.2. The summed E-state index contributed by atoms with van der Waals surface area (Å²) in [6.45, 7) is 5.25. The maximum Gasteiger partial charge on any atom is 0.405 e. The smallest absolute Gasteiger partial charge is 0.405 e. The Hall–Kier alpha value is -3.11. The number of nitrogens with two attached hydrogens (primary N) is 1. The highest BCUT2D eigenvalue weighted by atomic mass is 35.5. The van der Waals surface area contributed by atoms with Gasteiger partial charge in [0.2, 0.25) is 0 Å². The number of primary amides is 1. The first-order valence-corrected chi connectivity index (χ1v) is 8.65. The van der Waals surface area contributed by atoms with E-state index in [1.807, 2.05) is 19.9 Å². The van der Waals surface area contributed by atoms with E-state index in [9.17, 15) is 14.4 Å². The quantitative estimate of drug-likeness (QED) is 0.560. The summed E-state index contributed by atoms with van der Waals surface area (Å²) < 4.78 is 25.1. The predicted octanol–water partition coefficient (Wildman–Crippen LogP) is 4.61. The molecule has 146 valence electrons. The number of rotatable bonds is 6. The van der Waals surface area contributed by atoms with Gasteiger partial charge in [-0.3, -0.25) is 0 Å². The van der Waals surface area contributed by atoms with E-state index in [2.05, 4.69) is 4.98 Å². The fourth-order valence-corrected chi connectivity index (χ4v) is 2.87. The summed E-state index contributed by atoms with van der Waals surface area (Å²) in [7, 11) is 0. The molecule has 0 saturated heterocycles. The second-order valence-corrected chi connectivity index (χ2v) is 6.89. The molecule has 1 amide bonds. The van der Waals surface area contributed by atoms with E-state index >= 15 is 0 Å². The van der Waals surface area contributed by atoms with E-state index in [-0.39, 0.29) is 28.6 Å². The highest BCUT2D eigenvalue weighted by molar-refractivity contribution is 6.29. The molecule has 0 bridgehead atoms. The van der Waals surface area contributed by atoms with Crippen molar-refractivity contribution in [2.75, 3.05) is 6.61 Å². The van der Waals surface area contributed by atoms with Crippen molar-refractivity contribution in [1.29, 1.82) is 5.26 Å². The number of carbonyl (C=O) groups is 1. The molecule has 8 heteroatoms. The topological polar surface area (TPSA) is 98.2 Å². The molecule has 2 rings (SSSR count). The van der Waals surface area contributed by atoms with Crippen molar-refractivity contribution in [3.8, 4) is 22.9 Å². The molecule has 0 aliphatic carbocycles. The van der Waals surface area contributed by atoms with Crippen LogP contribution in [0.15, 0.2) is 42.1 Å². The maximum absolute atomic E-state index is 14.2. The van der Waals surface area contributed by atoms with E-state index in [1.165, 1.54) is 24.4 Å². The second kappa shape index (κ2) is 8.72. The van der Waals surface area contributed by atoms with Gasteiger partial charge in [0.25, 0.3) is 0 Å². The molecule has 0 fully saturated rings. The number of halogens is 2. The highest BCUT2D eigenvalue weighted by Gasteiger charge is 2.27. The first-order valence-electron chi connectivity index (χ1n) is 8.27. The van der Waals surface area contributed by atoms with Crippen LogP contribution in [-0.2, 0) is 4.74 Å². The zero-order valence-electron chi connectivity index (χ0n) is 15.6. The lowest BCUT2D eigenvalue weighted by Crippen LogP contribution is -2.38. The Morgan fingerprint density at radius 1 is 1.43 bits per heavy atom. The molecule has 0 radical (unpaired) electrons. The van der Waals surface area contributed by atoms with Crippen molar-refractivity contribution in [3.05, 3.63) is 58.6 Å². The van der Waals surface area contributed by atoms with Gasteiger partial charge in [-0.15, -0.1) is 0 Å². The Bertz CT molecular complexity index is 968. The number of aromatic nitrogens is 1. The standard InChI is InChI=1S/C20H19ClFN3O3/c1-12(2)9-20(3,28-19(24)26)11-27-16-5-4-13(8-14(16)10-23)15-6-7-25-18(21)17(15)22/h4-9H,11H2,1-3H3,(H2,24,26). The Kier molecular flexibility index (Phi) is 6.60. The molecule has 0 aliphatic rings. The molecule has 28 heavy (non-hydrogen) atoms. The fraction of sp³-hybridized carbons (Fsp3) is 0.250. The van der Waals surface area contributed by atoms with Gasteiger partial charge in [0.05, 0.1) is 5.56 Å². The van der Waals surface area contributed by atoms with Gasteiger partial charge in [-0.05, 0) is 50.6 Å². The van der Waals surface area contributed by atoms with Crippen molar-refractivity contribution in [2.45, 2.75) is 26.4 Å². The van der Waals surface area contributed by atoms with E-state index < -0.39 is 17.5 Å². The first-order chi connectivity index (χ1) is 13.1. The van der Waals surface area contributed by atoms with Gasteiger partial charge in [-0.1, -0.05) is 23.2 Å². The van der Waals surface area contributed by atoms with Crippen LogP contribution in [0.1, 0.15) is 26.3 Å². The van der Waals surface area contributed by atoms with Gasteiger partial charge >= 0.3 is 6.09 Å². The average molecular weight is 404 g/mol. The molecule has 1 heterocycles. The number of ether oxygens (including phenoxy) is 2. The monoisotopic (exact) mass is 403 g/mol. The van der Waals surface area contributed by atoms with Gasteiger partial charge < -0.3 is 15.2 Å². The number of allylic oxidation sites excluding steroid dienone is 1. The summed E-state index contributed by atoms with van der Waals surface area (Å²) in [6, 6.07) is 8.09. The molecule has 0 spiro atoms. The minimum Gasteiger partial charge on any atom is -0.488 e. The van der Waals surface area contributed by atoms with Crippen LogP contribution in [0.3, 0.4) is 0 Å². The molecule has 0 aliphatic heterocycles. The van der Waals surface area contributed by atoms with Crippen LogP contribution in [-0.4, -0.2) is 23.3 Å². The van der Waals surface area contributed by atoms with Crippen molar-refractivity contribution in [2.24, 2.45) is 5.73 Å². The fourth-order valence-electron chi connectivity index (χ4n) is 2.71. The van der Waals surface area contributed by atoms with Gasteiger partial charge in [-0.2, -0.15) is 5.26 Å². The van der Waals surface area contributed by atoms with Gasteiger partial charge in [0.15, 0.2) is 16.6 Å². The van der Waals surface area contributed by atoms with Crippen molar-refractivity contribution in [1.82, 2.24) is 4.98 Å². The molecule has 1 atom stereocenters. The van der Waals surface area contributed by atoms with Crippen molar-refractivity contribution in [3.63, 3.8) is 0 Å². The van der Waals surface area contributed by atoms with Crippen LogP contribution in [0.25, 0.3) is 11.1 Å². The van der Waals surface area contributed by atoms with E-state index in [0.29, 0.717) is 5.56 Å². The van der Waals surface area contributed by atoms with Crippen LogP contribution in [0.4, 0.5) is 9.18 Å². The third-order valence-corrected chi connectivity index (χ3v) is 3.96. The molecule has 1 aromatic carbocycles. The first kappa shape index (κ1) is 21.2. The number of benzene rings is 1. The van der Waals surface area contributed by atoms with Crippen LogP contribution in [0.5, 0.6) is 5.75 Å². The number of nitrogens with zero attached hydrogens (tertiary/aromatic N) is 2. The minimum atomic E-state index is -1.11. The number of amides is 1. The number of hydrogen-bond donors (Lipinski definition) is 1. The van der Waals surface area contributed by atoms with E-state index in [0.717, 1.165) is 5.57 Å². The van der Waals surface area contributed by atoms with Crippen molar-refractivity contribution < 1.29 is 18.7 Å². The Balaban J connectivity index is 2.32. The Morgan fingerprint density at radius 2 is 2.14 bits per heavy atom. The largest absolute Gasteiger partial charge is 0.488 e. The zero-order valence-corrected chi connectivity index (χ0v) is 16.4. The summed E-state index contributed by atoms with van der Waals surface area (Å²) in [5, 5.41) is 9.20. The number of nitriles is 1. The Morgan fingerprint density at radius 3 is 2.75 bits per heavy atom. The second-order valence-electron chi connectivity index (χ2n) is 6.53. The molecule has 2 aromatic rings. The molecule has 1 aromatic heterocycles. The van der Waals surface area contributed by atoms with Crippen LogP contribution in [0.2, 0.25) is 5.15 Å². The van der Waals surface area contributed by atoms with Crippen molar-refractivity contribution >= 4 is 17.7 Å². The summed E-state index contributed by atoms with van der Waals surface area (Å²) in [4.78, 5) is 14.9. The summed E-state index contributed by atoms with van der Waals surface area (Å²) >= 11 is 5.72. The predicted molar refractivity (Wildman–Crippen MR) is 103 cm³/mol. The molecule has 2 N–H and O–H groups in total. The number of pyridine rings is 1.